The van der Waals surface area contributed by atoms with Crippen LogP contribution in [0.4, 0.5) is 5.69 Å². The van der Waals surface area contributed by atoms with E-state index < -0.39 is 10.8 Å². The summed E-state index contributed by atoms with van der Waals surface area (Å²) in [7, 11) is 0. The van der Waals surface area contributed by atoms with Gasteiger partial charge in [-0.1, -0.05) is 42.8 Å². The number of hydrogen-bond acceptors (Lipinski definition) is 4. The lowest BCUT2D eigenvalue weighted by molar-refractivity contribution is -0.385. The van der Waals surface area contributed by atoms with Crippen molar-refractivity contribution in [3.63, 3.8) is 0 Å². The van der Waals surface area contributed by atoms with Gasteiger partial charge in [0.1, 0.15) is 5.56 Å². The summed E-state index contributed by atoms with van der Waals surface area (Å²) in [5.74, 6) is -0.634. The van der Waals surface area contributed by atoms with Crippen LogP contribution in [0.15, 0.2) is 53.6 Å². The Bertz CT molecular complexity index is 775. The van der Waals surface area contributed by atoms with Crippen LogP contribution in [0.2, 0.25) is 5.02 Å². The zero-order valence-electron chi connectivity index (χ0n) is 12.3. The Morgan fingerprint density at radius 1 is 1.26 bits per heavy atom. The van der Waals surface area contributed by atoms with Crippen LogP contribution in [-0.2, 0) is 0 Å². The predicted octanol–water partition coefficient (Wildman–Crippen LogP) is 3.79. The second kappa shape index (κ2) is 7.51. The molecule has 118 valence electrons. The fourth-order valence-corrected chi connectivity index (χ4v) is 2.21. The van der Waals surface area contributed by atoms with E-state index in [0.29, 0.717) is 17.2 Å². The highest BCUT2D eigenvalue weighted by Gasteiger charge is 2.18. The quantitative estimate of drug-likeness (QED) is 0.514. The van der Waals surface area contributed by atoms with Crippen molar-refractivity contribution in [1.82, 2.24) is 5.43 Å². The molecule has 0 aliphatic heterocycles. The zero-order valence-corrected chi connectivity index (χ0v) is 13.1. The molecule has 0 aromatic heterocycles. The number of nitro benzene ring substituents is 1. The molecule has 0 radical (unpaired) electrons. The number of amides is 1. The number of nitrogens with zero attached hydrogens (tertiary/aromatic N) is 2. The van der Waals surface area contributed by atoms with Gasteiger partial charge in [0.15, 0.2) is 0 Å². The number of rotatable bonds is 5. The summed E-state index contributed by atoms with van der Waals surface area (Å²) in [5, 5.41) is 15.6. The van der Waals surface area contributed by atoms with Crippen LogP contribution in [0, 0.1) is 10.1 Å². The van der Waals surface area contributed by atoms with Gasteiger partial charge in [0.2, 0.25) is 0 Å². The van der Waals surface area contributed by atoms with Crippen molar-refractivity contribution < 1.29 is 9.72 Å². The first-order chi connectivity index (χ1) is 11.0. The standard InChI is InChI=1S/C16H14ClN3O3/c1-2-14(11-6-5-7-12(17)10-11)18-19-16(21)13-8-3-4-9-15(13)20(22)23/h3-10H,2H2,1H3,(H,19,21)/b18-14-. The maximum Gasteiger partial charge on any atom is 0.282 e. The van der Waals surface area contributed by atoms with E-state index in [2.05, 4.69) is 10.5 Å². The summed E-state index contributed by atoms with van der Waals surface area (Å²) in [6, 6.07) is 12.8. The second-order valence-electron chi connectivity index (χ2n) is 4.64. The summed E-state index contributed by atoms with van der Waals surface area (Å²) < 4.78 is 0. The largest absolute Gasteiger partial charge is 0.282 e. The maximum absolute atomic E-state index is 12.1. The molecule has 0 atom stereocenters. The molecule has 0 aliphatic rings. The number of nitrogens with one attached hydrogen (secondary N) is 1. The Morgan fingerprint density at radius 2 is 2.00 bits per heavy atom. The van der Waals surface area contributed by atoms with Gasteiger partial charge in [-0.3, -0.25) is 14.9 Å². The fourth-order valence-electron chi connectivity index (χ4n) is 2.02. The maximum atomic E-state index is 12.1. The summed E-state index contributed by atoms with van der Waals surface area (Å²) in [5.41, 5.74) is 3.47. The number of hydrazone groups is 1. The van der Waals surface area contributed by atoms with Crippen molar-refractivity contribution in [2.24, 2.45) is 5.10 Å². The fraction of sp³-hybridized carbons (Fsp3) is 0.125. The van der Waals surface area contributed by atoms with E-state index in [0.717, 1.165) is 5.56 Å². The Labute approximate surface area is 137 Å². The van der Waals surface area contributed by atoms with Gasteiger partial charge in [0.05, 0.1) is 10.6 Å². The molecule has 2 rings (SSSR count). The molecule has 1 N–H and O–H groups in total. The molecule has 23 heavy (non-hydrogen) atoms. The van der Waals surface area contributed by atoms with Gasteiger partial charge in [-0.05, 0) is 30.2 Å². The van der Waals surface area contributed by atoms with E-state index in [1.54, 1.807) is 24.3 Å². The van der Waals surface area contributed by atoms with E-state index in [9.17, 15) is 14.9 Å². The molecule has 0 bridgehead atoms. The highest BCUT2D eigenvalue weighted by molar-refractivity contribution is 6.31. The molecule has 1 amide bonds. The third kappa shape index (κ3) is 4.14. The minimum Gasteiger partial charge on any atom is -0.267 e. The van der Waals surface area contributed by atoms with Crippen LogP contribution in [0.3, 0.4) is 0 Å². The van der Waals surface area contributed by atoms with Gasteiger partial charge in [0.25, 0.3) is 11.6 Å². The highest BCUT2D eigenvalue weighted by atomic mass is 35.5. The van der Waals surface area contributed by atoms with Gasteiger partial charge < -0.3 is 0 Å². The van der Waals surface area contributed by atoms with Crippen molar-refractivity contribution in [3.05, 3.63) is 74.8 Å². The molecule has 0 unspecified atom stereocenters. The molecular weight excluding hydrogens is 318 g/mol. The van der Waals surface area contributed by atoms with Crippen molar-refractivity contribution in [1.29, 1.82) is 0 Å². The Morgan fingerprint density at radius 3 is 2.65 bits per heavy atom. The third-order valence-corrected chi connectivity index (χ3v) is 3.37. The van der Waals surface area contributed by atoms with E-state index in [1.165, 1.54) is 18.2 Å². The topological polar surface area (TPSA) is 84.6 Å². The molecule has 2 aromatic carbocycles. The van der Waals surface area contributed by atoms with Crippen LogP contribution in [0.25, 0.3) is 0 Å². The third-order valence-electron chi connectivity index (χ3n) is 3.13. The van der Waals surface area contributed by atoms with Gasteiger partial charge in [-0.25, -0.2) is 5.43 Å². The molecule has 0 heterocycles. The molecule has 0 fully saturated rings. The van der Waals surface area contributed by atoms with Crippen LogP contribution in [0.5, 0.6) is 0 Å². The number of nitro groups is 1. The Hall–Kier alpha value is -2.73. The van der Waals surface area contributed by atoms with E-state index in [-0.39, 0.29) is 11.3 Å². The second-order valence-corrected chi connectivity index (χ2v) is 5.07. The van der Waals surface area contributed by atoms with Crippen molar-refractivity contribution in [2.45, 2.75) is 13.3 Å². The van der Waals surface area contributed by atoms with E-state index in [1.807, 2.05) is 13.0 Å². The van der Waals surface area contributed by atoms with E-state index in [4.69, 9.17) is 11.6 Å². The molecule has 0 saturated carbocycles. The number of hydrogen-bond donors (Lipinski definition) is 1. The lowest BCUT2D eigenvalue weighted by atomic mass is 10.1. The first-order valence-electron chi connectivity index (χ1n) is 6.89. The van der Waals surface area contributed by atoms with Crippen LogP contribution < -0.4 is 5.43 Å². The molecule has 0 saturated heterocycles. The van der Waals surface area contributed by atoms with Gasteiger partial charge >= 0.3 is 0 Å². The van der Waals surface area contributed by atoms with E-state index >= 15 is 0 Å². The Kier molecular flexibility index (Phi) is 5.43. The predicted molar refractivity (Wildman–Crippen MR) is 88.8 cm³/mol. The van der Waals surface area contributed by atoms with Crippen LogP contribution in [-0.4, -0.2) is 16.5 Å². The molecule has 2 aromatic rings. The average Bonchev–Trinajstić information content (AvgIpc) is 2.55. The minimum atomic E-state index is -0.634. The zero-order chi connectivity index (χ0) is 16.8. The molecule has 6 nitrogen and oxygen atoms in total. The van der Waals surface area contributed by atoms with Crippen molar-refractivity contribution >= 4 is 28.9 Å². The monoisotopic (exact) mass is 331 g/mol. The lowest BCUT2D eigenvalue weighted by Gasteiger charge is -2.06. The summed E-state index contributed by atoms with van der Waals surface area (Å²) in [6.45, 7) is 1.89. The smallest absolute Gasteiger partial charge is 0.267 e. The molecular formula is C16H14ClN3O3. The first kappa shape index (κ1) is 16.6. The van der Waals surface area contributed by atoms with Crippen molar-refractivity contribution in [3.8, 4) is 0 Å². The number of carbonyl (C=O) groups is 1. The summed E-state index contributed by atoms with van der Waals surface area (Å²) in [6.07, 6.45) is 0.567. The normalized spacial score (nSPS) is 11.1. The summed E-state index contributed by atoms with van der Waals surface area (Å²) in [4.78, 5) is 22.5. The van der Waals surface area contributed by atoms with Gasteiger partial charge in [-0.15, -0.1) is 0 Å². The number of carbonyl (C=O) groups excluding carboxylic acids is 1. The number of benzene rings is 2. The van der Waals surface area contributed by atoms with Crippen LogP contribution >= 0.6 is 11.6 Å². The average molecular weight is 332 g/mol. The number of halogens is 1. The van der Waals surface area contributed by atoms with Crippen LogP contribution in [0.1, 0.15) is 29.3 Å². The highest BCUT2D eigenvalue weighted by Crippen LogP contribution is 2.17. The van der Waals surface area contributed by atoms with Crippen molar-refractivity contribution in [2.75, 3.05) is 0 Å². The number of para-hydroxylation sites is 1. The Balaban J connectivity index is 2.24. The molecule has 0 spiro atoms. The molecule has 0 aliphatic carbocycles. The minimum absolute atomic E-state index is 0.0391. The van der Waals surface area contributed by atoms with Gasteiger partial charge in [-0.2, -0.15) is 5.10 Å². The lowest BCUT2D eigenvalue weighted by Crippen LogP contribution is -2.21. The molecule has 7 heteroatoms. The summed E-state index contributed by atoms with van der Waals surface area (Å²) >= 11 is 5.94. The SMILES string of the molecule is CC/C(=N/NC(=O)c1ccccc1[N+](=O)[O-])c1cccc(Cl)c1. The first-order valence-corrected chi connectivity index (χ1v) is 7.27. The van der Waals surface area contributed by atoms with Gasteiger partial charge in [0, 0.05) is 11.1 Å².